The lowest BCUT2D eigenvalue weighted by atomic mass is 10.2. The summed E-state index contributed by atoms with van der Waals surface area (Å²) in [5, 5.41) is 6.64. The molecule has 3 aromatic rings. The molecule has 3 rings (SSSR count). The molecule has 31 heavy (non-hydrogen) atoms. The Morgan fingerprint density at radius 1 is 1.16 bits per heavy atom. The van der Waals surface area contributed by atoms with E-state index in [1.165, 1.54) is 33.3 Å². The quantitative estimate of drug-likeness (QED) is 0.620. The molecule has 0 bridgehead atoms. The van der Waals surface area contributed by atoms with Crippen molar-refractivity contribution < 1.29 is 18.7 Å². The molecule has 0 aliphatic carbocycles. The molecule has 1 amide bonds. The van der Waals surface area contributed by atoms with Gasteiger partial charge in [-0.2, -0.15) is 4.68 Å². The van der Waals surface area contributed by atoms with Gasteiger partial charge in [-0.15, -0.1) is 5.10 Å². The molecule has 0 unspecified atom stereocenters. The van der Waals surface area contributed by atoms with E-state index in [9.17, 15) is 18.8 Å². The number of hydrogen-bond donors (Lipinski definition) is 1. The average Bonchev–Trinajstić information content (AvgIpc) is 2.74. The first-order valence-electron chi connectivity index (χ1n) is 8.93. The van der Waals surface area contributed by atoms with Crippen LogP contribution >= 0.6 is 11.6 Å². The van der Waals surface area contributed by atoms with Crippen molar-refractivity contribution >= 4 is 23.2 Å². The molecule has 0 atom stereocenters. The minimum absolute atomic E-state index is 0.121. The second kappa shape index (κ2) is 9.00. The summed E-state index contributed by atoms with van der Waals surface area (Å²) < 4.78 is 26.0. The van der Waals surface area contributed by atoms with Crippen LogP contribution in [0.1, 0.15) is 12.5 Å². The summed E-state index contributed by atoms with van der Waals surface area (Å²) in [6.07, 6.45) is 0. The van der Waals surface area contributed by atoms with Crippen LogP contribution in [0.4, 0.5) is 10.1 Å². The number of halogens is 2. The van der Waals surface area contributed by atoms with Gasteiger partial charge in [0, 0.05) is 6.92 Å². The first-order valence-corrected chi connectivity index (χ1v) is 9.31. The minimum atomic E-state index is -0.792. The van der Waals surface area contributed by atoms with Crippen LogP contribution in [-0.4, -0.2) is 34.5 Å². The van der Waals surface area contributed by atoms with Crippen LogP contribution in [0.15, 0.2) is 46.0 Å². The summed E-state index contributed by atoms with van der Waals surface area (Å²) in [5.41, 5.74) is -0.992. The lowest BCUT2D eigenvalue weighted by Gasteiger charge is -2.13. The Balaban J connectivity index is 2.15. The molecule has 0 aliphatic rings. The fourth-order valence-corrected chi connectivity index (χ4v) is 3.04. The zero-order chi connectivity index (χ0) is 22.7. The number of hydrogen-bond acceptors (Lipinski definition) is 6. The molecule has 1 N–H and O–H groups in total. The Kier molecular flexibility index (Phi) is 6.40. The molecule has 0 fully saturated rings. The van der Waals surface area contributed by atoms with Crippen molar-refractivity contribution in [3.05, 3.63) is 73.6 Å². The third-order valence-electron chi connectivity index (χ3n) is 4.29. The topological polar surface area (TPSA) is 104 Å². The molecular formula is C20H18ClFN4O5. The molecule has 0 saturated heterocycles. The first-order chi connectivity index (χ1) is 14.7. The van der Waals surface area contributed by atoms with Crippen LogP contribution in [0.25, 0.3) is 5.69 Å². The van der Waals surface area contributed by atoms with Gasteiger partial charge in [-0.25, -0.2) is 13.8 Å². The Morgan fingerprint density at radius 3 is 2.55 bits per heavy atom. The van der Waals surface area contributed by atoms with Gasteiger partial charge in [0.1, 0.15) is 11.6 Å². The zero-order valence-electron chi connectivity index (χ0n) is 16.8. The van der Waals surface area contributed by atoms with E-state index < -0.39 is 23.0 Å². The summed E-state index contributed by atoms with van der Waals surface area (Å²) >= 11 is 6.03. The van der Waals surface area contributed by atoms with Crippen molar-refractivity contribution in [3.8, 4) is 17.3 Å². The number of ether oxygens (including phenoxy) is 2. The van der Waals surface area contributed by atoms with Gasteiger partial charge in [0.05, 0.1) is 37.2 Å². The van der Waals surface area contributed by atoms with Crippen molar-refractivity contribution in [1.29, 1.82) is 0 Å². The predicted octanol–water partition coefficient (Wildman–Crippen LogP) is 2.21. The summed E-state index contributed by atoms with van der Waals surface area (Å²) in [7, 11) is 2.68. The minimum Gasteiger partial charge on any atom is -0.495 e. The van der Waals surface area contributed by atoms with Gasteiger partial charge >= 0.3 is 11.2 Å². The van der Waals surface area contributed by atoms with Gasteiger partial charge in [-0.1, -0.05) is 17.7 Å². The Labute approximate surface area is 180 Å². The summed E-state index contributed by atoms with van der Waals surface area (Å²) in [6.45, 7) is 1.10. The number of anilines is 1. The lowest BCUT2D eigenvalue weighted by Crippen LogP contribution is -2.41. The van der Waals surface area contributed by atoms with E-state index in [0.29, 0.717) is 16.3 Å². The van der Waals surface area contributed by atoms with Gasteiger partial charge in [0.15, 0.2) is 0 Å². The van der Waals surface area contributed by atoms with Crippen LogP contribution in [0, 0.1) is 5.82 Å². The second-order valence-corrected chi connectivity index (χ2v) is 6.82. The highest BCUT2D eigenvalue weighted by molar-refractivity contribution is 6.32. The van der Waals surface area contributed by atoms with E-state index in [4.69, 9.17) is 21.1 Å². The number of amides is 1. The number of carbonyl (C=O) groups is 1. The van der Waals surface area contributed by atoms with E-state index in [-0.39, 0.29) is 23.8 Å². The molecule has 0 radical (unpaired) electrons. The molecular weight excluding hydrogens is 431 g/mol. The SMILES string of the molecule is COc1cc(Cn2c(=O)c(OC)nn(-c3ccc(F)c(NC(C)=O)c3)c2=O)ccc1Cl. The largest absolute Gasteiger partial charge is 0.495 e. The van der Waals surface area contributed by atoms with E-state index >= 15 is 0 Å². The highest BCUT2D eigenvalue weighted by atomic mass is 35.5. The molecule has 1 heterocycles. The van der Waals surface area contributed by atoms with Gasteiger partial charge in [-0.05, 0) is 35.9 Å². The fraction of sp³-hybridized carbons (Fsp3) is 0.200. The number of nitrogens with one attached hydrogen (secondary N) is 1. The Hall–Kier alpha value is -3.66. The first kappa shape index (κ1) is 22.0. The maximum absolute atomic E-state index is 14.0. The second-order valence-electron chi connectivity index (χ2n) is 6.41. The van der Waals surface area contributed by atoms with Crippen LogP contribution in [0.2, 0.25) is 5.02 Å². The number of methoxy groups -OCH3 is 2. The number of rotatable bonds is 6. The number of carbonyl (C=O) groups excluding carboxylic acids is 1. The monoisotopic (exact) mass is 448 g/mol. The van der Waals surface area contributed by atoms with Crippen LogP contribution in [0.3, 0.4) is 0 Å². The van der Waals surface area contributed by atoms with Crippen LogP contribution in [-0.2, 0) is 11.3 Å². The van der Waals surface area contributed by atoms with Crippen LogP contribution in [0.5, 0.6) is 11.6 Å². The van der Waals surface area contributed by atoms with E-state index in [1.54, 1.807) is 18.2 Å². The molecule has 2 aromatic carbocycles. The Morgan fingerprint density at radius 2 is 1.90 bits per heavy atom. The smallest absolute Gasteiger partial charge is 0.352 e. The Bertz CT molecular complexity index is 1270. The van der Waals surface area contributed by atoms with E-state index in [0.717, 1.165) is 15.3 Å². The average molecular weight is 449 g/mol. The number of aromatic nitrogens is 3. The fourth-order valence-electron chi connectivity index (χ4n) is 2.84. The van der Waals surface area contributed by atoms with Gasteiger partial charge in [0.2, 0.25) is 5.91 Å². The van der Waals surface area contributed by atoms with Crippen LogP contribution < -0.4 is 26.0 Å². The van der Waals surface area contributed by atoms with Crippen molar-refractivity contribution in [1.82, 2.24) is 14.3 Å². The van der Waals surface area contributed by atoms with Gasteiger partial charge < -0.3 is 14.8 Å². The molecule has 162 valence electrons. The number of benzene rings is 2. The normalized spacial score (nSPS) is 10.6. The molecule has 11 heteroatoms. The van der Waals surface area contributed by atoms with E-state index in [1.807, 2.05) is 0 Å². The van der Waals surface area contributed by atoms with Crippen molar-refractivity contribution in [2.75, 3.05) is 19.5 Å². The lowest BCUT2D eigenvalue weighted by molar-refractivity contribution is -0.114. The third-order valence-corrected chi connectivity index (χ3v) is 4.60. The molecule has 1 aromatic heterocycles. The summed E-state index contributed by atoms with van der Waals surface area (Å²) in [4.78, 5) is 37.1. The van der Waals surface area contributed by atoms with Gasteiger partial charge in [-0.3, -0.25) is 9.59 Å². The number of nitrogens with zero attached hydrogens (tertiary/aromatic N) is 3. The highest BCUT2D eigenvalue weighted by Crippen LogP contribution is 2.25. The van der Waals surface area contributed by atoms with Gasteiger partial charge in [0.25, 0.3) is 5.88 Å². The third kappa shape index (κ3) is 4.58. The maximum Gasteiger partial charge on any atom is 0.352 e. The molecule has 0 aliphatic heterocycles. The standard InChI is InChI=1S/C20H18ClFN4O5/c1-11(27)23-16-9-13(5-7-15(16)22)26-20(29)25(19(28)18(24-26)31-3)10-12-4-6-14(21)17(8-12)30-2/h4-9H,10H2,1-3H3,(H,23,27). The zero-order valence-corrected chi connectivity index (χ0v) is 17.6. The van der Waals surface area contributed by atoms with Crippen molar-refractivity contribution in [2.45, 2.75) is 13.5 Å². The molecule has 0 saturated carbocycles. The van der Waals surface area contributed by atoms with E-state index in [2.05, 4.69) is 10.4 Å². The van der Waals surface area contributed by atoms with Crippen molar-refractivity contribution in [2.24, 2.45) is 0 Å². The summed E-state index contributed by atoms with van der Waals surface area (Å²) in [5.74, 6) is -1.14. The molecule has 0 spiro atoms. The highest BCUT2D eigenvalue weighted by Gasteiger charge is 2.17. The maximum atomic E-state index is 14.0. The molecule has 9 nitrogen and oxygen atoms in total. The predicted molar refractivity (Wildman–Crippen MR) is 112 cm³/mol. The van der Waals surface area contributed by atoms with Crippen molar-refractivity contribution in [3.63, 3.8) is 0 Å². The summed E-state index contributed by atoms with van der Waals surface area (Å²) in [6, 6.07) is 8.40.